The molecule has 0 amide bonds. The second-order valence-corrected chi connectivity index (χ2v) is 3.37. The molecule has 1 aromatic carbocycles. The molecule has 2 atom stereocenters. The van der Waals surface area contributed by atoms with Gasteiger partial charge in [0.1, 0.15) is 5.82 Å². The Balaban J connectivity index is 2.27. The van der Waals surface area contributed by atoms with Gasteiger partial charge in [-0.2, -0.15) is 0 Å². The zero-order valence-corrected chi connectivity index (χ0v) is 6.83. The van der Waals surface area contributed by atoms with E-state index in [0.717, 1.165) is 18.4 Å². The van der Waals surface area contributed by atoms with Crippen LogP contribution in [-0.2, 0) is 0 Å². The number of hydrogen-bond donors (Lipinski definition) is 1. The highest BCUT2D eigenvalue weighted by molar-refractivity contribution is 5.25. The Morgan fingerprint density at radius 1 is 1.25 bits per heavy atom. The molecule has 2 N–H and O–H groups in total. The fourth-order valence-corrected chi connectivity index (χ4v) is 1.69. The van der Waals surface area contributed by atoms with Crippen molar-refractivity contribution in [3.63, 3.8) is 0 Å². The van der Waals surface area contributed by atoms with E-state index in [2.05, 4.69) is 0 Å². The summed E-state index contributed by atoms with van der Waals surface area (Å²) in [5.41, 5.74) is 6.55. The topological polar surface area (TPSA) is 26.0 Å². The average molecular weight is 165 g/mol. The Labute approximate surface area is 71.4 Å². The van der Waals surface area contributed by atoms with Gasteiger partial charge in [0.15, 0.2) is 0 Å². The van der Waals surface area contributed by atoms with Gasteiger partial charge in [-0.25, -0.2) is 4.39 Å². The van der Waals surface area contributed by atoms with Crippen LogP contribution in [0.1, 0.15) is 24.3 Å². The molecule has 2 heteroatoms. The Morgan fingerprint density at radius 3 is 2.50 bits per heavy atom. The molecule has 1 saturated carbocycles. The predicted octanol–water partition coefficient (Wildman–Crippen LogP) is 2.03. The Morgan fingerprint density at radius 2 is 2.00 bits per heavy atom. The summed E-state index contributed by atoms with van der Waals surface area (Å²) in [5.74, 6) is 0.142. The predicted molar refractivity (Wildman–Crippen MR) is 46.4 cm³/mol. The first-order chi connectivity index (χ1) is 5.79. The van der Waals surface area contributed by atoms with Crippen LogP contribution in [0.15, 0.2) is 24.3 Å². The summed E-state index contributed by atoms with van der Waals surface area (Å²) in [6, 6.07) is 7.08. The fourth-order valence-electron chi connectivity index (χ4n) is 1.69. The van der Waals surface area contributed by atoms with Crippen LogP contribution >= 0.6 is 0 Å². The van der Waals surface area contributed by atoms with Crippen LogP contribution in [-0.4, -0.2) is 6.04 Å². The van der Waals surface area contributed by atoms with E-state index >= 15 is 0 Å². The number of halogens is 1. The maximum atomic E-state index is 13.2. The van der Waals surface area contributed by atoms with Crippen molar-refractivity contribution in [3.8, 4) is 0 Å². The minimum Gasteiger partial charge on any atom is -0.327 e. The van der Waals surface area contributed by atoms with Crippen molar-refractivity contribution in [1.29, 1.82) is 0 Å². The summed E-state index contributed by atoms with van der Waals surface area (Å²) >= 11 is 0. The van der Waals surface area contributed by atoms with Crippen molar-refractivity contribution in [2.45, 2.75) is 24.8 Å². The maximum Gasteiger partial charge on any atom is 0.126 e. The van der Waals surface area contributed by atoms with Crippen LogP contribution < -0.4 is 5.73 Å². The van der Waals surface area contributed by atoms with E-state index in [1.807, 2.05) is 12.1 Å². The Hall–Kier alpha value is -0.890. The van der Waals surface area contributed by atoms with Gasteiger partial charge in [-0.3, -0.25) is 0 Å². The summed E-state index contributed by atoms with van der Waals surface area (Å²) in [5, 5.41) is 0. The lowest BCUT2D eigenvalue weighted by molar-refractivity contribution is 0.337. The SMILES string of the molecule is NC1CCC1c1ccccc1F. The average Bonchev–Trinajstić information content (AvgIpc) is 2.06. The van der Waals surface area contributed by atoms with Crippen LogP contribution in [0.2, 0.25) is 0 Å². The van der Waals surface area contributed by atoms with Crippen LogP contribution in [0.3, 0.4) is 0 Å². The molecular formula is C10H12FN. The van der Waals surface area contributed by atoms with Gasteiger partial charge in [0.2, 0.25) is 0 Å². The monoisotopic (exact) mass is 165 g/mol. The third-order valence-electron chi connectivity index (χ3n) is 2.63. The van der Waals surface area contributed by atoms with Gasteiger partial charge >= 0.3 is 0 Å². The van der Waals surface area contributed by atoms with Gasteiger partial charge in [0.05, 0.1) is 0 Å². The largest absolute Gasteiger partial charge is 0.327 e. The molecule has 1 nitrogen and oxygen atoms in total. The van der Waals surface area contributed by atoms with Crippen LogP contribution in [0.25, 0.3) is 0 Å². The van der Waals surface area contributed by atoms with Crippen molar-refractivity contribution in [1.82, 2.24) is 0 Å². The number of hydrogen-bond acceptors (Lipinski definition) is 1. The van der Waals surface area contributed by atoms with Crippen LogP contribution in [0, 0.1) is 5.82 Å². The molecule has 0 aromatic heterocycles. The van der Waals surface area contributed by atoms with Crippen LogP contribution in [0.4, 0.5) is 4.39 Å². The van der Waals surface area contributed by atoms with Crippen molar-refractivity contribution in [3.05, 3.63) is 35.6 Å². The summed E-state index contributed by atoms with van der Waals surface area (Å²) < 4.78 is 13.2. The standard InChI is InChI=1S/C10H12FN/c11-9-4-2-1-3-7(9)8-5-6-10(8)12/h1-4,8,10H,5-6,12H2. The van der Waals surface area contributed by atoms with Crippen molar-refractivity contribution in [2.75, 3.05) is 0 Å². The van der Waals surface area contributed by atoms with E-state index in [1.54, 1.807) is 6.07 Å². The minimum atomic E-state index is -0.113. The molecular weight excluding hydrogens is 153 g/mol. The summed E-state index contributed by atoms with van der Waals surface area (Å²) in [7, 11) is 0. The lowest BCUT2D eigenvalue weighted by atomic mass is 9.75. The Kier molecular flexibility index (Phi) is 1.85. The molecule has 1 fully saturated rings. The zero-order chi connectivity index (χ0) is 8.55. The second kappa shape index (κ2) is 2.87. The molecule has 1 aliphatic carbocycles. The van der Waals surface area contributed by atoms with Gasteiger partial charge < -0.3 is 5.73 Å². The highest BCUT2D eigenvalue weighted by Crippen LogP contribution is 2.36. The smallest absolute Gasteiger partial charge is 0.126 e. The number of rotatable bonds is 1. The van der Waals surface area contributed by atoms with Crippen molar-refractivity contribution < 1.29 is 4.39 Å². The maximum absolute atomic E-state index is 13.2. The summed E-state index contributed by atoms with van der Waals surface area (Å²) in [6.07, 6.45) is 2.06. The number of benzene rings is 1. The van der Waals surface area contributed by atoms with Crippen molar-refractivity contribution in [2.24, 2.45) is 5.73 Å². The van der Waals surface area contributed by atoms with Crippen molar-refractivity contribution >= 4 is 0 Å². The first-order valence-corrected chi connectivity index (χ1v) is 4.29. The normalized spacial score (nSPS) is 28.2. The van der Waals surface area contributed by atoms with E-state index in [1.165, 1.54) is 6.07 Å². The molecule has 0 spiro atoms. The van der Waals surface area contributed by atoms with Gasteiger partial charge in [-0.05, 0) is 24.5 Å². The first kappa shape index (κ1) is 7.74. The molecule has 0 bridgehead atoms. The molecule has 0 radical (unpaired) electrons. The molecule has 1 aliphatic rings. The third-order valence-corrected chi connectivity index (χ3v) is 2.63. The molecule has 12 heavy (non-hydrogen) atoms. The molecule has 0 saturated heterocycles. The van der Waals surface area contributed by atoms with Crippen LogP contribution in [0.5, 0.6) is 0 Å². The molecule has 0 aliphatic heterocycles. The minimum absolute atomic E-state index is 0.113. The Bertz CT molecular complexity index is 285. The zero-order valence-electron chi connectivity index (χ0n) is 6.83. The van der Waals surface area contributed by atoms with E-state index in [4.69, 9.17) is 5.73 Å². The first-order valence-electron chi connectivity index (χ1n) is 4.29. The quantitative estimate of drug-likeness (QED) is 0.677. The molecule has 0 heterocycles. The van der Waals surface area contributed by atoms with Gasteiger partial charge in [0.25, 0.3) is 0 Å². The van der Waals surface area contributed by atoms with E-state index < -0.39 is 0 Å². The lowest BCUT2D eigenvalue weighted by Crippen LogP contribution is -2.37. The molecule has 1 aromatic rings. The highest BCUT2D eigenvalue weighted by atomic mass is 19.1. The van der Waals surface area contributed by atoms with E-state index in [0.29, 0.717) is 0 Å². The third kappa shape index (κ3) is 1.12. The fraction of sp³-hybridized carbons (Fsp3) is 0.400. The summed E-state index contributed by atoms with van der Waals surface area (Å²) in [4.78, 5) is 0. The molecule has 2 rings (SSSR count). The number of nitrogens with two attached hydrogens (primary N) is 1. The molecule has 64 valence electrons. The summed E-state index contributed by atoms with van der Waals surface area (Å²) in [6.45, 7) is 0. The lowest BCUT2D eigenvalue weighted by Gasteiger charge is -2.34. The second-order valence-electron chi connectivity index (χ2n) is 3.37. The van der Waals surface area contributed by atoms with Gasteiger partial charge in [-0.1, -0.05) is 18.2 Å². The van der Waals surface area contributed by atoms with E-state index in [9.17, 15) is 4.39 Å². The van der Waals surface area contributed by atoms with Gasteiger partial charge in [-0.15, -0.1) is 0 Å². The van der Waals surface area contributed by atoms with Gasteiger partial charge in [0, 0.05) is 12.0 Å². The highest BCUT2D eigenvalue weighted by Gasteiger charge is 2.30. The van der Waals surface area contributed by atoms with E-state index in [-0.39, 0.29) is 17.8 Å². The molecule has 2 unspecified atom stereocenters.